The quantitative estimate of drug-likeness (QED) is 0.685. The number of hydrogen-bond acceptors (Lipinski definition) is 6. The van der Waals surface area contributed by atoms with Crippen molar-refractivity contribution < 1.29 is 19.2 Å². The first-order chi connectivity index (χ1) is 13.5. The fourth-order valence-corrected chi connectivity index (χ4v) is 5.95. The normalized spacial score (nSPS) is 35.2. The van der Waals surface area contributed by atoms with Gasteiger partial charge < -0.3 is 14.5 Å². The minimum absolute atomic E-state index is 0.0137. The Morgan fingerprint density at radius 3 is 2.64 bits per heavy atom. The number of likely N-dealkylation sites (tertiary alicyclic amines) is 2. The molecule has 0 N–H and O–H groups in total. The maximum atomic E-state index is 12.7. The van der Waals surface area contributed by atoms with Crippen LogP contribution in [0.25, 0.3) is 0 Å². The van der Waals surface area contributed by atoms with Crippen molar-refractivity contribution in [2.24, 2.45) is 5.92 Å². The molecule has 1 saturated carbocycles. The van der Waals surface area contributed by atoms with Crippen molar-refractivity contribution in [3.8, 4) is 0 Å². The van der Waals surface area contributed by atoms with Crippen LogP contribution in [-0.2, 0) is 14.4 Å². The molecule has 4 rings (SSSR count). The highest BCUT2D eigenvalue weighted by Gasteiger charge is 2.47. The summed E-state index contributed by atoms with van der Waals surface area (Å²) in [7, 11) is 0. The number of nitrogens with zero attached hydrogens (tertiary/aromatic N) is 3. The zero-order valence-electron chi connectivity index (χ0n) is 17.4. The summed E-state index contributed by atoms with van der Waals surface area (Å²) in [6.07, 6.45) is 8.27. The second kappa shape index (κ2) is 8.19. The molecule has 3 atom stereocenters. The van der Waals surface area contributed by atoms with E-state index in [0.717, 1.165) is 45.3 Å². The molecule has 1 amide bonds. The number of amides is 1. The molecule has 3 saturated heterocycles. The van der Waals surface area contributed by atoms with Gasteiger partial charge in [0.15, 0.2) is 0 Å². The molecule has 0 bridgehead atoms. The highest BCUT2D eigenvalue weighted by molar-refractivity contribution is 5.79. The van der Waals surface area contributed by atoms with Crippen LogP contribution >= 0.6 is 0 Å². The topological polar surface area (TPSA) is 62.3 Å². The van der Waals surface area contributed by atoms with Gasteiger partial charge in [0.1, 0.15) is 0 Å². The summed E-state index contributed by atoms with van der Waals surface area (Å²) in [5.74, 6) is 1.01. The van der Waals surface area contributed by atoms with Crippen molar-refractivity contribution in [2.75, 3.05) is 32.8 Å². The molecule has 0 aromatic heterocycles. The summed E-state index contributed by atoms with van der Waals surface area (Å²) in [6.45, 7) is 7.84. The zero-order chi connectivity index (χ0) is 19.7. The average molecular weight is 394 g/mol. The van der Waals surface area contributed by atoms with Gasteiger partial charge in [-0.15, -0.1) is 5.06 Å². The van der Waals surface area contributed by atoms with E-state index in [2.05, 4.69) is 16.7 Å². The molecular formula is C21H35N3O4. The molecule has 1 unspecified atom stereocenters. The van der Waals surface area contributed by atoms with Crippen molar-refractivity contribution in [3.05, 3.63) is 0 Å². The number of ether oxygens (including phenoxy) is 1. The van der Waals surface area contributed by atoms with Crippen LogP contribution in [0.5, 0.6) is 0 Å². The maximum Gasteiger partial charge on any atom is 0.527 e. The zero-order valence-corrected chi connectivity index (χ0v) is 17.4. The average Bonchev–Trinajstić information content (AvgIpc) is 3.22. The van der Waals surface area contributed by atoms with Crippen LogP contribution in [0.1, 0.15) is 65.2 Å². The van der Waals surface area contributed by atoms with Gasteiger partial charge in [-0.1, -0.05) is 12.8 Å². The molecule has 3 heterocycles. The standard InChI is InChI=1S/C21H35N3O4/c1-3-27-20(26)28-23-13-10-21(2,15-23)22-11-8-17(9-12-22)24-18-7-5-4-6-16(18)14-19(24)25/h16-18H,3-15H2,1-2H3/t16-,18+,21?/m0/s1. The SMILES string of the molecule is CCOC(=O)ON1CCC(C)(N2CCC(N3C(=O)C[C@@H]4CCCC[C@H]43)CC2)C1. The van der Waals surface area contributed by atoms with E-state index in [4.69, 9.17) is 9.57 Å². The molecule has 4 aliphatic rings. The van der Waals surface area contributed by atoms with Crippen molar-refractivity contribution in [1.29, 1.82) is 0 Å². The van der Waals surface area contributed by atoms with E-state index in [1.807, 2.05) is 0 Å². The highest BCUT2D eigenvalue weighted by atomic mass is 16.8. The van der Waals surface area contributed by atoms with Gasteiger partial charge in [-0.3, -0.25) is 9.69 Å². The van der Waals surface area contributed by atoms with Crippen LogP contribution in [0.3, 0.4) is 0 Å². The lowest BCUT2D eigenvalue weighted by Crippen LogP contribution is -2.56. The Morgan fingerprint density at radius 1 is 1.14 bits per heavy atom. The fraction of sp³-hybridized carbons (Fsp3) is 0.905. The molecule has 1 aliphatic carbocycles. The molecule has 158 valence electrons. The Morgan fingerprint density at radius 2 is 1.89 bits per heavy atom. The van der Waals surface area contributed by atoms with E-state index in [1.165, 1.54) is 25.7 Å². The minimum Gasteiger partial charge on any atom is -0.433 e. The van der Waals surface area contributed by atoms with E-state index >= 15 is 0 Å². The van der Waals surface area contributed by atoms with Gasteiger partial charge in [-0.2, -0.15) is 0 Å². The van der Waals surface area contributed by atoms with Gasteiger partial charge in [0.25, 0.3) is 0 Å². The maximum absolute atomic E-state index is 12.7. The summed E-state index contributed by atoms with van der Waals surface area (Å²) in [4.78, 5) is 34.4. The molecule has 0 spiro atoms. The van der Waals surface area contributed by atoms with Crippen LogP contribution in [-0.4, -0.2) is 77.3 Å². The molecule has 7 heteroatoms. The lowest BCUT2D eigenvalue weighted by atomic mass is 9.84. The smallest absolute Gasteiger partial charge is 0.433 e. The molecule has 28 heavy (non-hydrogen) atoms. The first kappa shape index (κ1) is 20.0. The van der Waals surface area contributed by atoms with Crippen LogP contribution in [0, 0.1) is 5.92 Å². The number of rotatable bonds is 4. The summed E-state index contributed by atoms with van der Waals surface area (Å²) >= 11 is 0. The van der Waals surface area contributed by atoms with E-state index in [0.29, 0.717) is 37.1 Å². The molecular weight excluding hydrogens is 358 g/mol. The predicted octanol–water partition coefficient (Wildman–Crippen LogP) is 2.79. The Hall–Kier alpha value is -1.34. The Labute approximate surface area is 168 Å². The summed E-state index contributed by atoms with van der Waals surface area (Å²) in [6, 6.07) is 0.919. The highest BCUT2D eigenvalue weighted by Crippen LogP contribution is 2.40. The Balaban J connectivity index is 1.30. The second-order valence-corrected chi connectivity index (χ2v) is 9.22. The summed E-state index contributed by atoms with van der Waals surface area (Å²) in [5, 5.41) is 1.74. The summed E-state index contributed by atoms with van der Waals surface area (Å²) < 4.78 is 4.89. The van der Waals surface area contributed by atoms with Gasteiger partial charge in [-0.05, 0) is 51.9 Å². The first-order valence-electron chi connectivity index (χ1n) is 11.2. The van der Waals surface area contributed by atoms with Gasteiger partial charge >= 0.3 is 6.16 Å². The van der Waals surface area contributed by atoms with Crippen molar-refractivity contribution in [1.82, 2.24) is 14.9 Å². The number of hydrogen-bond donors (Lipinski definition) is 0. The van der Waals surface area contributed by atoms with Crippen molar-refractivity contribution >= 4 is 12.1 Å². The van der Waals surface area contributed by atoms with Crippen molar-refractivity contribution in [2.45, 2.75) is 82.8 Å². The van der Waals surface area contributed by atoms with Gasteiger partial charge in [0, 0.05) is 43.7 Å². The Kier molecular flexibility index (Phi) is 5.83. The number of hydroxylamine groups is 2. The fourth-order valence-electron chi connectivity index (χ4n) is 5.95. The number of carbonyl (C=O) groups excluding carboxylic acids is 2. The lowest BCUT2D eigenvalue weighted by molar-refractivity contribution is -0.133. The van der Waals surface area contributed by atoms with Crippen molar-refractivity contribution in [3.63, 3.8) is 0 Å². The van der Waals surface area contributed by atoms with Crippen LogP contribution < -0.4 is 0 Å². The molecule has 0 aromatic carbocycles. The molecule has 3 aliphatic heterocycles. The third kappa shape index (κ3) is 3.88. The van der Waals surface area contributed by atoms with E-state index < -0.39 is 6.16 Å². The third-order valence-corrected chi connectivity index (χ3v) is 7.45. The van der Waals surface area contributed by atoms with Crippen LogP contribution in [0.4, 0.5) is 4.79 Å². The molecule has 4 fully saturated rings. The predicted molar refractivity (Wildman–Crippen MR) is 105 cm³/mol. The molecule has 7 nitrogen and oxygen atoms in total. The Bertz CT molecular complexity index is 592. The van der Waals surface area contributed by atoms with E-state index in [-0.39, 0.29) is 5.54 Å². The van der Waals surface area contributed by atoms with Gasteiger partial charge in [-0.25, -0.2) is 4.79 Å². The molecule has 0 radical (unpaired) electrons. The third-order valence-electron chi connectivity index (χ3n) is 7.45. The van der Waals surface area contributed by atoms with Crippen LogP contribution in [0.2, 0.25) is 0 Å². The second-order valence-electron chi connectivity index (χ2n) is 9.22. The van der Waals surface area contributed by atoms with E-state index in [9.17, 15) is 9.59 Å². The number of fused-ring (bicyclic) bond motifs is 1. The monoisotopic (exact) mass is 393 g/mol. The first-order valence-corrected chi connectivity index (χ1v) is 11.2. The number of piperidine rings is 1. The molecule has 0 aromatic rings. The summed E-state index contributed by atoms with van der Waals surface area (Å²) in [5.41, 5.74) is 0.0137. The van der Waals surface area contributed by atoms with E-state index in [1.54, 1.807) is 12.0 Å². The van der Waals surface area contributed by atoms with Crippen LogP contribution in [0.15, 0.2) is 0 Å². The minimum atomic E-state index is -0.611. The van der Waals surface area contributed by atoms with Gasteiger partial charge in [0.05, 0.1) is 13.2 Å². The van der Waals surface area contributed by atoms with Gasteiger partial charge in [0.2, 0.25) is 5.91 Å². The number of carbonyl (C=O) groups is 2. The lowest BCUT2D eigenvalue weighted by Gasteiger charge is -2.46. The largest absolute Gasteiger partial charge is 0.527 e.